The molecule has 3 aromatic rings. The van der Waals surface area contributed by atoms with E-state index < -0.39 is 0 Å². The third-order valence-electron chi connectivity index (χ3n) is 3.01. The number of nitriles is 1. The second kappa shape index (κ2) is 6.25. The lowest BCUT2D eigenvalue weighted by Gasteiger charge is -2.02. The molecule has 0 fully saturated rings. The van der Waals surface area contributed by atoms with E-state index in [1.165, 1.54) is 0 Å². The zero-order valence-electron chi connectivity index (χ0n) is 11.2. The van der Waals surface area contributed by atoms with Gasteiger partial charge in [0.15, 0.2) is 0 Å². The number of nitrogens with zero attached hydrogens (tertiary/aromatic N) is 4. The van der Waals surface area contributed by atoms with Crippen molar-refractivity contribution in [2.75, 3.05) is 0 Å². The highest BCUT2D eigenvalue weighted by atomic mass is 32.2. The fourth-order valence-electron chi connectivity index (χ4n) is 2.06. The molecule has 0 atom stereocenters. The Morgan fingerprint density at radius 3 is 2.76 bits per heavy atom. The Morgan fingerprint density at radius 2 is 1.95 bits per heavy atom. The number of benzene rings is 2. The van der Waals surface area contributed by atoms with Crippen LogP contribution < -0.4 is 0 Å². The minimum absolute atomic E-state index is 0.639. The summed E-state index contributed by atoms with van der Waals surface area (Å²) in [5, 5.41) is 19.2. The molecular weight excluding hydrogens is 280 g/mol. The van der Waals surface area contributed by atoms with Gasteiger partial charge in [-0.3, -0.25) is 0 Å². The van der Waals surface area contributed by atoms with Crippen LogP contribution in [0.4, 0.5) is 0 Å². The van der Waals surface area contributed by atoms with Crippen molar-refractivity contribution in [2.45, 2.75) is 11.4 Å². The molecule has 0 spiro atoms. The molecule has 102 valence electrons. The minimum Gasteiger partial charge on any atom is -0.247 e. The van der Waals surface area contributed by atoms with Crippen molar-refractivity contribution >= 4 is 11.8 Å². The highest BCUT2D eigenvalue weighted by molar-refractivity contribution is 8.03. The predicted molar refractivity (Wildman–Crippen MR) is 82.5 cm³/mol. The van der Waals surface area contributed by atoms with E-state index in [2.05, 4.69) is 15.7 Å². The number of hydrogen-bond acceptors (Lipinski definition) is 4. The molecule has 21 heavy (non-hydrogen) atoms. The summed E-state index contributed by atoms with van der Waals surface area (Å²) in [6, 6.07) is 17.9. The van der Waals surface area contributed by atoms with Crippen LogP contribution in [0.25, 0.3) is 11.3 Å². The van der Waals surface area contributed by atoms with E-state index in [-0.39, 0.29) is 0 Å². The largest absolute Gasteiger partial charge is 0.247 e. The van der Waals surface area contributed by atoms with Crippen molar-refractivity contribution in [1.29, 1.82) is 5.26 Å². The van der Waals surface area contributed by atoms with Crippen LogP contribution in [0.2, 0.25) is 0 Å². The number of thioether (sulfide) groups is 1. The lowest BCUT2D eigenvalue weighted by atomic mass is 10.2. The molecule has 2 aromatic carbocycles. The van der Waals surface area contributed by atoms with E-state index in [0.29, 0.717) is 6.54 Å². The summed E-state index contributed by atoms with van der Waals surface area (Å²) in [6.45, 7) is 0.639. The van der Waals surface area contributed by atoms with Gasteiger partial charge in [-0.05, 0) is 29.5 Å². The Bertz CT molecular complexity index is 774. The van der Waals surface area contributed by atoms with E-state index in [0.717, 1.165) is 33.5 Å². The first-order chi connectivity index (χ1) is 10.3. The van der Waals surface area contributed by atoms with Gasteiger partial charge < -0.3 is 0 Å². The molecule has 1 heterocycles. The van der Waals surface area contributed by atoms with Gasteiger partial charge >= 0.3 is 0 Å². The maximum absolute atomic E-state index is 8.72. The van der Waals surface area contributed by atoms with E-state index in [4.69, 9.17) is 5.26 Å². The highest BCUT2D eigenvalue weighted by Gasteiger charge is 2.04. The third kappa shape index (κ3) is 3.30. The number of rotatable bonds is 4. The van der Waals surface area contributed by atoms with Crippen LogP contribution in [0, 0.1) is 10.7 Å². The summed E-state index contributed by atoms with van der Waals surface area (Å²) in [5.41, 5.74) is 3.01. The van der Waals surface area contributed by atoms with Gasteiger partial charge in [-0.1, -0.05) is 47.7 Å². The van der Waals surface area contributed by atoms with Crippen molar-refractivity contribution in [3.05, 3.63) is 66.4 Å². The molecule has 3 rings (SSSR count). The maximum Gasteiger partial charge on any atom is 0.138 e. The van der Waals surface area contributed by atoms with Crippen LogP contribution in [-0.2, 0) is 6.54 Å². The maximum atomic E-state index is 8.72. The predicted octanol–water partition coefficient (Wildman–Crippen LogP) is 3.57. The summed E-state index contributed by atoms with van der Waals surface area (Å²) in [7, 11) is 0. The van der Waals surface area contributed by atoms with Crippen molar-refractivity contribution in [1.82, 2.24) is 15.0 Å². The summed E-state index contributed by atoms with van der Waals surface area (Å²) in [5.74, 6) is 0. The third-order valence-corrected chi connectivity index (χ3v) is 3.60. The topological polar surface area (TPSA) is 54.5 Å². The normalized spacial score (nSPS) is 10.2. The molecule has 0 saturated heterocycles. The second-order valence-electron chi connectivity index (χ2n) is 4.51. The van der Waals surface area contributed by atoms with Crippen LogP contribution in [-0.4, -0.2) is 15.0 Å². The smallest absolute Gasteiger partial charge is 0.138 e. The Morgan fingerprint density at radius 1 is 1.10 bits per heavy atom. The average molecular weight is 292 g/mol. The van der Waals surface area contributed by atoms with Crippen molar-refractivity contribution in [3.63, 3.8) is 0 Å². The van der Waals surface area contributed by atoms with Crippen LogP contribution in [0.15, 0.2) is 65.7 Å². The molecule has 5 heteroatoms. The zero-order chi connectivity index (χ0) is 14.5. The van der Waals surface area contributed by atoms with Crippen LogP contribution in [0.3, 0.4) is 0 Å². The molecule has 4 nitrogen and oxygen atoms in total. The van der Waals surface area contributed by atoms with E-state index >= 15 is 0 Å². The van der Waals surface area contributed by atoms with Crippen molar-refractivity contribution in [3.8, 4) is 16.7 Å². The summed E-state index contributed by atoms with van der Waals surface area (Å²) >= 11 is 1.16. The zero-order valence-corrected chi connectivity index (χ0v) is 12.0. The van der Waals surface area contributed by atoms with Gasteiger partial charge in [0.2, 0.25) is 0 Å². The van der Waals surface area contributed by atoms with E-state index in [1.807, 2.05) is 60.8 Å². The number of thiocyanates is 1. The number of hydrogen-bond donors (Lipinski definition) is 0. The molecule has 0 amide bonds. The monoisotopic (exact) mass is 292 g/mol. The first-order valence-corrected chi connectivity index (χ1v) is 7.27. The van der Waals surface area contributed by atoms with Crippen molar-refractivity contribution < 1.29 is 0 Å². The SMILES string of the molecule is N#CSc1cccc(Cn2cc(-c3ccccc3)nn2)c1. The standard InChI is InChI=1S/C16H12N4S/c17-12-21-15-8-4-5-13(9-15)10-20-11-16(18-19-20)14-6-2-1-3-7-14/h1-9,11H,10H2. The molecule has 0 radical (unpaired) electrons. The molecule has 0 bridgehead atoms. The Kier molecular flexibility index (Phi) is 3.99. The van der Waals surface area contributed by atoms with E-state index in [9.17, 15) is 0 Å². The second-order valence-corrected chi connectivity index (χ2v) is 5.37. The Labute approximate surface area is 127 Å². The molecule has 0 saturated carbocycles. The Balaban J connectivity index is 1.79. The molecule has 0 unspecified atom stereocenters. The summed E-state index contributed by atoms with van der Waals surface area (Å²) in [4.78, 5) is 0.943. The molecule has 0 N–H and O–H groups in total. The lowest BCUT2D eigenvalue weighted by molar-refractivity contribution is 0.649. The first-order valence-electron chi connectivity index (χ1n) is 6.45. The molecular formula is C16H12N4S. The quantitative estimate of drug-likeness (QED) is 0.545. The first kappa shape index (κ1) is 13.4. The van der Waals surface area contributed by atoms with Gasteiger partial charge in [0.1, 0.15) is 11.1 Å². The van der Waals surface area contributed by atoms with Gasteiger partial charge in [-0.25, -0.2) is 4.68 Å². The van der Waals surface area contributed by atoms with Crippen molar-refractivity contribution in [2.24, 2.45) is 0 Å². The van der Waals surface area contributed by atoms with Gasteiger partial charge in [-0.15, -0.1) is 5.10 Å². The average Bonchev–Trinajstić information content (AvgIpc) is 2.97. The van der Waals surface area contributed by atoms with Gasteiger partial charge in [0, 0.05) is 10.5 Å². The highest BCUT2D eigenvalue weighted by Crippen LogP contribution is 2.19. The van der Waals surface area contributed by atoms with E-state index in [1.54, 1.807) is 4.68 Å². The van der Waals surface area contributed by atoms with Crippen LogP contribution in [0.5, 0.6) is 0 Å². The molecule has 1 aromatic heterocycles. The minimum atomic E-state index is 0.639. The summed E-state index contributed by atoms with van der Waals surface area (Å²) < 4.78 is 1.80. The fourth-order valence-corrected chi connectivity index (χ4v) is 2.53. The fraction of sp³-hybridized carbons (Fsp3) is 0.0625. The molecule has 0 aliphatic heterocycles. The van der Waals surface area contributed by atoms with Gasteiger partial charge in [-0.2, -0.15) is 5.26 Å². The lowest BCUT2D eigenvalue weighted by Crippen LogP contribution is -2.00. The van der Waals surface area contributed by atoms with Gasteiger partial charge in [0.25, 0.3) is 0 Å². The van der Waals surface area contributed by atoms with Gasteiger partial charge in [0.05, 0.1) is 12.7 Å². The number of aromatic nitrogens is 3. The molecule has 0 aliphatic rings. The van der Waals surface area contributed by atoms with Crippen LogP contribution >= 0.6 is 11.8 Å². The molecule has 0 aliphatic carbocycles. The van der Waals surface area contributed by atoms with Crippen LogP contribution in [0.1, 0.15) is 5.56 Å². The summed E-state index contributed by atoms with van der Waals surface area (Å²) in [6.07, 6.45) is 1.93. The Hall–Kier alpha value is -2.58.